The lowest BCUT2D eigenvalue weighted by Crippen LogP contribution is -2.37. The van der Waals surface area contributed by atoms with Crippen molar-refractivity contribution in [2.24, 2.45) is 0 Å². The van der Waals surface area contributed by atoms with Crippen LogP contribution in [0, 0.1) is 11.3 Å². The number of benzene rings is 2. The number of nitrogens with zero attached hydrogens (tertiary/aromatic N) is 11. The zero-order valence-corrected chi connectivity index (χ0v) is 27.9. The number of alkyl halides is 3. The van der Waals surface area contributed by atoms with Gasteiger partial charge in [0.15, 0.2) is 34.0 Å². The molecule has 0 atom stereocenters. The summed E-state index contributed by atoms with van der Waals surface area (Å²) in [7, 11) is 0. The largest absolute Gasteiger partial charge is 0.573 e. The molecule has 6 aromatic rings. The monoisotopic (exact) mass is 725 g/mol. The maximum absolute atomic E-state index is 12.5. The average Bonchev–Trinajstić information content (AvgIpc) is 3.17. The van der Waals surface area contributed by atoms with Crippen LogP contribution in [0.1, 0.15) is 5.56 Å². The summed E-state index contributed by atoms with van der Waals surface area (Å²) in [5.74, 6) is 1.08. The molecule has 19 heteroatoms. The molecule has 16 nitrogen and oxygen atoms in total. The molecule has 53 heavy (non-hydrogen) atoms. The minimum Gasteiger partial charge on any atom is -0.406 e. The van der Waals surface area contributed by atoms with Gasteiger partial charge in [-0.3, -0.25) is 0 Å². The number of nitrogen functional groups attached to an aromatic ring is 2. The molecule has 2 aromatic carbocycles. The quantitative estimate of drug-likeness (QED) is 0.259. The first-order chi connectivity index (χ1) is 25.6. The van der Waals surface area contributed by atoms with Gasteiger partial charge in [-0.15, -0.1) is 13.2 Å². The molecule has 2 saturated heterocycles. The molecule has 2 aliphatic rings. The molecule has 2 fully saturated rings. The molecule has 8 rings (SSSR count). The zero-order chi connectivity index (χ0) is 37.0. The number of rotatable bonds is 5. The fourth-order valence-electron chi connectivity index (χ4n) is 5.69. The van der Waals surface area contributed by atoms with E-state index in [4.69, 9.17) is 31.2 Å². The van der Waals surface area contributed by atoms with Crippen LogP contribution in [0.15, 0.2) is 60.9 Å². The molecule has 0 aliphatic carbocycles. The van der Waals surface area contributed by atoms with Gasteiger partial charge in [-0.2, -0.15) is 25.2 Å². The number of nitrogens with two attached hydrogens (primary N) is 2. The van der Waals surface area contributed by atoms with E-state index in [0.29, 0.717) is 109 Å². The van der Waals surface area contributed by atoms with E-state index in [9.17, 15) is 13.2 Å². The van der Waals surface area contributed by atoms with Crippen molar-refractivity contribution in [3.63, 3.8) is 0 Å². The molecule has 2 aliphatic heterocycles. The number of hydrogen-bond acceptors (Lipinski definition) is 16. The Labute approximate surface area is 299 Å². The Balaban J connectivity index is 0.000000165. The van der Waals surface area contributed by atoms with E-state index in [0.717, 1.165) is 5.56 Å². The van der Waals surface area contributed by atoms with E-state index < -0.39 is 6.36 Å². The summed E-state index contributed by atoms with van der Waals surface area (Å²) in [6, 6.07) is 14.9. The van der Waals surface area contributed by atoms with Crippen molar-refractivity contribution in [3.8, 4) is 34.3 Å². The van der Waals surface area contributed by atoms with Gasteiger partial charge >= 0.3 is 6.36 Å². The predicted molar refractivity (Wildman–Crippen MR) is 187 cm³/mol. The molecule has 0 bridgehead atoms. The van der Waals surface area contributed by atoms with Crippen LogP contribution in [0.3, 0.4) is 0 Å². The number of ether oxygens (including phenoxy) is 3. The van der Waals surface area contributed by atoms with Gasteiger partial charge in [0.1, 0.15) is 5.75 Å². The highest BCUT2D eigenvalue weighted by atomic mass is 19.4. The highest BCUT2D eigenvalue weighted by Crippen LogP contribution is 2.30. The second-order valence-corrected chi connectivity index (χ2v) is 11.6. The summed E-state index contributed by atoms with van der Waals surface area (Å²) in [5, 5.41) is 9.09. The van der Waals surface area contributed by atoms with Gasteiger partial charge in [-0.1, -0.05) is 24.3 Å². The second kappa shape index (κ2) is 15.0. The van der Waals surface area contributed by atoms with Crippen LogP contribution in [0.4, 0.5) is 36.7 Å². The first kappa shape index (κ1) is 34.9. The molecule has 6 heterocycles. The molecular weight excluding hydrogens is 695 g/mol. The SMILES string of the molecule is N#Cc1cccc(-c2cnc3nc(N)nc(N4CCOCC4)c3n2)c1.Nc1nc(N2CCOCC2)c2nc(-c3cccc(OC(F)(F)F)c3)cnc2n1. The van der Waals surface area contributed by atoms with Gasteiger partial charge in [0.25, 0.3) is 0 Å². The van der Waals surface area contributed by atoms with E-state index in [1.54, 1.807) is 24.4 Å². The van der Waals surface area contributed by atoms with Gasteiger partial charge in [0.05, 0.1) is 61.8 Å². The molecule has 0 unspecified atom stereocenters. The summed E-state index contributed by atoms with van der Waals surface area (Å²) in [6.45, 7) is 4.96. The summed E-state index contributed by atoms with van der Waals surface area (Å²) < 4.78 is 52.2. The van der Waals surface area contributed by atoms with E-state index >= 15 is 0 Å². The summed E-state index contributed by atoms with van der Waals surface area (Å²) >= 11 is 0. The van der Waals surface area contributed by atoms with Crippen molar-refractivity contribution in [2.45, 2.75) is 6.36 Å². The first-order valence-corrected chi connectivity index (χ1v) is 16.3. The van der Waals surface area contributed by atoms with E-state index in [-0.39, 0.29) is 17.6 Å². The van der Waals surface area contributed by atoms with Crippen molar-refractivity contribution < 1.29 is 27.4 Å². The Morgan fingerprint density at radius 3 is 1.66 bits per heavy atom. The van der Waals surface area contributed by atoms with Crippen LogP contribution < -0.4 is 26.0 Å². The van der Waals surface area contributed by atoms with Crippen LogP contribution in [0.2, 0.25) is 0 Å². The normalized spacial score (nSPS) is 14.8. The van der Waals surface area contributed by atoms with Crippen LogP contribution in [-0.4, -0.2) is 98.8 Å². The highest BCUT2D eigenvalue weighted by molar-refractivity contribution is 5.87. The summed E-state index contributed by atoms with van der Waals surface area (Å²) in [6.07, 6.45) is -1.72. The molecule has 270 valence electrons. The van der Waals surface area contributed by atoms with E-state index in [2.05, 4.69) is 50.6 Å². The van der Waals surface area contributed by atoms with Crippen LogP contribution >= 0.6 is 0 Å². The Bertz CT molecular complexity index is 2310. The minimum absolute atomic E-state index is 0.0663. The fraction of sp³-hybridized carbons (Fsp3) is 0.265. The number of morpholine rings is 2. The molecule has 0 radical (unpaired) electrons. The van der Waals surface area contributed by atoms with Crippen LogP contribution in [0.5, 0.6) is 5.75 Å². The summed E-state index contributed by atoms with van der Waals surface area (Å²) in [5.41, 5.74) is 16.2. The fourth-order valence-corrected chi connectivity index (χ4v) is 5.69. The van der Waals surface area contributed by atoms with Crippen molar-refractivity contribution >= 4 is 45.9 Å². The van der Waals surface area contributed by atoms with Gasteiger partial charge in [0.2, 0.25) is 11.9 Å². The van der Waals surface area contributed by atoms with E-state index in [1.807, 2.05) is 17.0 Å². The lowest BCUT2D eigenvalue weighted by Gasteiger charge is -2.28. The Morgan fingerprint density at radius 1 is 0.679 bits per heavy atom. The lowest BCUT2D eigenvalue weighted by atomic mass is 10.1. The smallest absolute Gasteiger partial charge is 0.406 e. The molecule has 4 aromatic heterocycles. The average molecular weight is 726 g/mol. The topological polar surface area (TPSA) is 213 Å². The zero-order valence-electron chi connectivity index (χ0n) is 27.9. The Hall–Kier alpha value is -6.52. The number of hydrogen-bond donors (Lipinski definition) is 2. The molecule has 4 N–H and O–H groups in total. The third kappa shape index (κ3) is 8.19. The summed E-state index contributed by atoms with van der Waals surface area (Å²) in [4.78, 5) is 38.9. The van der Waals surface area contributed by atoms with Crippen molar-refractivity contribution in [1.29, 1.82) is 5.26 Å². The second-order valence-electron chi connectivity index (χ2n) is 11.6. The van der Waals surface area contributed by atoms with Gasteiger partial charge in [-0.25, -0.2) is 19.9 Å². The number of nitriles is 1. The van der Waals surface area contributed by atoms with Crippen molar-refractivity contribution in [2.75, 3.05) is 73.9 Å². The first-order valence-electron chi connectivity index (χ1n) is 16.3. The molecule has 0 spiro atoms. The van der Waals surface area contributed by atoms with Gasteiger partial charge in [-0.05, 0) is 24.3 Å². The maximum Gasteiger partial charge on any atom is 0.573 e. The number of fused-ring (bicyclic) bond motifs is 2. The molecule has 0 saturated carbocycles. The Kier molecular flexibility index (Phi) is 9.87. The highest BCUT2D eigenvalue weighted by Gasteiger charge is 2.31. The van der Waals surface area contributed by atoms with Crippen molar-refractivity contribution in [3.05, 3.63) is 66.5 Å². The van der Waals surface area contributed by atoms with Crippen LogP contribution in [0.25, 0.3) is 44.8 Å². The predicted octanol–water partition coefficient (Wildman–Crippen LogP) is 3.78. The molecular formula is C34H30F3N13O3. The third-order valence-corrected chi connectivity index (χ3v) is 8.08. The lowest BCUT2D eigenvalue weighted by molar-refractivity contribution is -0.274. The van der Waals surface area contributed by atoms with E-state index in [1.165, 1.54) is 24.4 Å². The molecule has 0 amide bonds. The van der Waals surface area contributed by atoms with Gasteiger partial charge < -0.3 is 35.5 Å². The Morgan fingerprint density at radius 2 is 1.17 bits per heavy atom. The maximum atomic E-state index is 12.5. The van der Waals surface area contributed by atoms with Crippen LogP contribution in [-0.2, 0) is 9.47 Å². The minimum atomic E-state index is -4.78. The standard InChI is InChI=1S/C17H15F3N6O2.C17H15N7O/c18-17(19,20)28-11-3-1-2-10(8-11)12-9-22-14-13(23-12)15(25-16(21)24-14)26-4-6-27-7-5-26;18-9-11-2-1-3-12(8-11)13-10-20-15-14(21-13)16(23-17(19)22-15)24-4-6-25-7-5-24/h1-3,8-9H,4-7H2,(H2,21,22,24,25);1-3,8,10H,4-7H2,(H2,19,20,22,23). The van der Waals surface area contributed by atoms with Crippen molar-refractivity contribution in [1.82, 2.24) is 39.9 Å². The number of aromatic nitrogens is 8. The number of halogens is 3. The number of anilines is 4. The van der Waals surface area contributed by atoms with Gasteiger partial charge in [0, 0.05) is 37.3 Å². The third-order valence-electron chi connectivity index (χ3n) is 8.08.